The molecule has 1 heteroatoms. The largest absolute Gasteiger partial charge is 0.374 e. The molecule has 5 unspecified atom stereocenters. The van der Waals surface area contributed by atoms with Gasteiger partial charge in [0, 0.05) is 5.41 Å². The van der Waals surface area contributed by atoms with Gasteiger partial charge in [-0.1, -0.05) is 51.8 Å². The molecule has 0 N–H and O–H groups in total. The quantitative estimate of drug-likeness (QED) is 0.360. The molecule has 0 aromatic carbocycles. The molecule has 0 aromatic rings. The lowest BCUT2D eigenvalue weighted by Gasteiger charge is -2.48. The lowest BCUT2D eigenvalue weighted by Crippen LogP contribution is -2.45. The molecule has 0 aromatic heterocycles. The third-order valence-corrected chi connectivity index (χ3v) is 9.16. The molecule has 4 rings (SSSR count). The fourth-order valence-corrected chi connectivity index (χ4v) is 7.13. The van der Waals surface area contributed by atoms with Crippen LogP contribution in [0, 0.1) is 28.6 Å². The van der Waals surface area contributed by atoms with Gasteiger partial charge in [0.1, 0.15) is 0 Å². The van der Waals surface area contributed by atoms with Crippen LogP contribution in [0.4, 0.5) is 0 Å². The summed E-state index contributed by atoms with van der Waals surface area (Å²) in [7, 11) is 0. The van der Waals surface area contributed by atoms with Crippen molar-refractivity contribution in [1.82, 2.24) is 0 Å². The summed E-state index contributed by atoms with van der Waals surface area (Å²) in [4.78, 5) is 0. The Balaban J connectivity index is 1.39. The Hall–Kier alpha value is -0.780. The van der Waals surface area contributed by atoms with Gasteiger partial charge in [0.15, 0.2) is 0 Å². The average molecular weight is 383 g/mol. The van der Waals surface area contributed by atoms with Crippen LogP contribution in [0.25, 0.3) is 0 Å². The zero-order valence-electron chi connectivity index (χ0n) is 18.9. The van der Waals surface area contributed by atoms with Gasteiger partial charge in [-0.15, -0.1) is 5.73 Å². The van der Waals surface area contributed by atoms with E-state index in [4.69, 9.17) is 4.74 Å². The first-order valence-corrected chi connectivity index (χ1v) is 12.0. The highest BCUT2D eigenvalue weighted by Crippen LogP contribution is 2.58. The van der Waals surface area contributed by atoms with E-state index in [-0.39, 0.29) is 5.60 Å². The standard InChI is InChI=1S/C27H42O/c1-6-22-10-12-24-23(20(2)13-15-26(22,24)5)11-9-21-8-7-14-27(18-21)17-16-25(3,4)19-28-27/h13,21,23-24H,1,7-12,14-19H2,2-5H3. The normalized spacial score (nSPS) is 42.8. The van der Waals surface area contributed by atoms with Crippen LogP contribution in [0.3, 0.4) is 0 Å². The Kier molecular flexibility index (Phi) is 5.47. The third-order valence-electron chi connectivity index (χ3n) is 9.16. The van der Waals surface area contributed by atoms with Crippen molar-refractivity contribution in [3.8, 4) is 0 Å². The van der Waals surface area contributed by atoms with E-state index in [1.54, 1.807) is 5.57 Å². The van der Waals surface area contributed by atoms with Crippen molar-refractivity contribution >= 4 is 0 Å². The summed E-state index contributed by atoms with van der Waals surface area (Å²) in [5.74, 6) is 2.45. The molecule has 1 heterocycles. The van der Waals surface area contributed by atoms with Crippen molar-refractivity contribution in [3.05, 3.63) is 29.5 Å². The summed E-state index contributed by atoms with van der Waals surface area (Å²) < 4.78 is 6.55. The highest BCUT2D eigenvalue weighted by molar-refractivity contribution is 5.28. The minimum atomic E-state index is 0.219. The molecule has 28 heavy (non-hydrogen) atoms. The fourth-order valence-electron chi connectivity index (χ4n) is 7.13. The molecule has 1 saturated heterocycles. The van der Waals surface area contributed by atoms with Gasteiger partial charge in [-0.2, -0.15) is 0 Å². The van der Waals surface area contributed by atoms with E-state index in [1.807, 2.05) is 0 Å². The molecule has 3 aliphatic carbocycles. The maximum absolute atomic E-state index is 6.55. The Morgan fingerprint density at radius 3 is 2.68 bits per heavy atom. The van der Waals surface area contributed by atoms with E-state index in [9.17, 15) is 0 Å². The Bertz CT molecular complexity index is 666. The van der Waals surface area contributed by atoms with Gasteiger partial charge in [0.2, 0.25) is 0 Å². The van der Waals surface area contributed by atoms with E-state index in [0.717, 1.165) is 24.4 Å². The van der Waals surface area contributed by atoms with Gasteiger partial charge < -0.3 is 4.74 Å². The number of allylic oxidation sites excluding steroid dienone is 3. The van der Waals surface area contributed by atoms with Crippen molar-refractivity contribution in [2.45, 2.75) is 104 Å². The zero-order chi connectivity index (χ0) is 20.0. The van der Waals surface area contributed by atoms with Gasteiger partial charge in [0.05, 0.1) is 12.2 Å². The van der Waals surface area contributed by atoms with Crippen LogP contribution >= 0.6 is 0 Å². The molecule has 4 aliphatic rings. The van der Waals surface area contributed by atoms with Crippen molar-refractivity contribution in [2.75, 3.05) is 6.61 Å². The molecule has 1 aliphatic heterocycles. The van der Waals surface area contributed by atoms with Crippen LogP contribution in [0.2, 0.25) is 0 Å². The monoisotopic (exact) mass is 382 g/mol. The lowest BCUT2D eigenvalue weighted by atomic mass is 9.62. The van der Waals surface area contributed by atoms with Crippen molar-refractivity contribution in [1.29, 1.82) is 0 Å². The van der Waals surface area contributed by atoms with Crippen molar-refractivity contribution < 1.29 is 4.74 Å². The fraction of sp³-hybridized carbons (Fsp3) is 0.815. The number of ether oxygens (including phenoxy) is 1. The molecule has 0 radical (unpaired) electrons. The second-order valence-electron chi connectivity index (χ2n) is 11.7. The van der Waals surface area contributed by atoms with E-state index in [0.29, 0.717) is 10.8 Å². The van der Waals surface area contributed by atoms with Crippen LogP contribution < -0.4 is 0 Å². The minimum Gasteiger partial charge on any atom is -0.374 e. The van der Waals surface area contributed by atoms with Crippen LogP contribution in [-0.2, 0) is 4.74 Å². The smallest absolute Gasteiger partial charge is 0.0685 e. The average Bonchev–Trinajstić information content (AvgIpc) is 3.01. The Morgan fingerprint density at radius 2 is 1.96 bits per heavy atom. The van der Waals surface area contributed by atoms with E-state index < -0.39 is 0 Å². The summed E-state index contributed by atoms with van der Waals surface area (Å²) in [6, 6.07) is 0. The van der Waals surface area contributed by atoms with Gasteiger partial charge >= 0.3 is 0 Å². The van der Waals surface area contributed by atoms with Gasteiger partial charge in [0.25, 0.3) is 0 Å². The molecule has 156 valence electrons. The molecule has 1 nitrogen and oxygen atoms in total. The molecule has 0 bridgehead atoms. The number of rotatable bonds is 3. The lowest BCUT2D eigenvalue weighted by molar-refractivity contribution is -0.149. The molecule has 0 amide bonds. The van der Waals surface area contributed by atoms with Gasteiger partial charge in [-0.25, -0.2) is 0 Å². The predicted octanol–water partition coefficient (Wildman–Crippen LogP) is 7.63. The first-order valence-electron chi connectivity index (χ1n) is 12.0. The second-order valence-corrected chi connectivity index (χ2v) is 11.7. The van der Waals surface area contributed by atoms with Gasteiger partial charge in [-0.05, 0) is 93.5 Å². The SMILES string of the molecule is C=C=C1CCC2C(CCC3CCCC4(CCC(C)(C)CO4)C3)C(C)=CCC12C. The Morgan fingerprint density at radius 1 is 1.14 bits per heavy atom. The number of fused-ring (bicyclic) bond motifs is 1. The summed E-state index contributed by atoms with van der Waals surface area (Å²) in [6.45, 7) is 14.6. The molecular formula is C27H42O. The summed E-state index contributed by atoms with van der Waals surface area (Å²) in [5, 5.41) is 0. The van der Waals surface area contributed by atoms with Crippen LogP contribution in [0.5, 0.6) is 0 Å². The molecule has 2 saturated carbocycles. The number of hydrogen-bond donors (Lipinski definition) is 0. The molecule has 5 atom stereocenters. The Labute approximate surface area is 173 Å². The van der Waals surface area contributed by atoms with E-state index in [2.05, 4.69) is 46.1 Å². The van der Waals surface area contributed by atoms with E-state index >= 15 is 0 Å². The zero-order valence-corrected chi connectivity index (χ0v) is 18.9. The summed E-state index contributed by atoms with van der Waals surface area (Å²) >= 11 is 0. The second kappa shape index (κ2) is 7.48. The van der Waals surface area contributed by atoms with Crippen molar-refractivity contribution in [3.63, 3.8) is 0 Å². The topological polar surface area (TPSA) is 9.23 Å². The van der Waals surface area contributed by atoms with Crippen LogP contribution in [-0.4, -0.2) is 12.2 Å². The third kappa shape index (κ3) is 3.70. The van der Waals surface area contributed by atoms with Crippen molar-refractivity contribution in [2.24, 2.45) is 28.6 Å². The number of hydrogen-bond acceptors (Lipinski definition) is 1. The maximum atomic E-state index is 6.55. The minimum absolute atomic E-state index is 0.219. The van der Waals surface area contributed by atoms with E-state index in [1.165, 1.54) is 76.2 Å². The van der Waals surface area contributed by atoms with Crippen LogP contribution in [0.15, 0.2) is 29.5 Å². The predicted molar refractivity (Wildman–Crippen MR) is 118 cm³/mol. The summed E-state index contributed by atoms with van der Waals surface area (Å²) in [6.07, 6.45) is 17.1. The highest BCUT2D eigenvalue weighted by atomic mass is 16.5. The van der Waals surface area contributed by atoms with Crippen LogP contribution in [0.1, 0.15) is 98.3 Å². The summed E-state index contributed by atoms with van der Waals surface area (Å²) in [5.41, 5.74) is 7.40. The molecular weight excluding hydrogens is 340 g/mol. The highest BCUT2D eigenvalue weighted by Gasteiger charge is 2.48. The molecule has 3 fully saturated rings. The van der Waals surface area contributed by atoms with Gasteiger partial charge in [-0.3, -0.25) is 0 Å². The maximum Gasteiger partial charge on any atom is 0.0685 e. The first kappa shape index (κ1) is 20.5. The first-order chi connectivity index (χ1) is 13.3. The molecule has 1 spiro atoms.